The van der Waals surface area contributed by atoms with Crippen LogP contribution in [0.5, 0.6) is 0 Å². The molecule has 0 aromatic heterocycles. The van der Waals surface area contributed by atoms with Gasteiger partial charge in [-0.3, -0.25) is 4.79 Å². The van der Waals surface area contributed by atoms with Crippen LogP contribution in [0, 0.1) is 0 Å². The van der Waals surface area contributed by atoms with E-state index < -0.39 is 6.35 Å². The smallest absolute Gasteiger partial charge is 0.256 e. The molecule has 1 heterocycles. The van der Waals surface area contributed by atoms with Crippen molar-refractivity contribution in [3.63, 3.8) is 0 Å². The third kappa shape index (κ3) is 1.38. The fraction of sp³-hybridized carbons (Fsp3) is 0.222. The minimum absolute atomic E-state index is 0.252. The van der Waals surface area contributed by atoms with Crippen LogP contribution in [-0.2, 0) is 0 Å². The SMILES string of the molecule is CN1c2cc(Br)ccc2C(=O)NC1O. The lowest BCUT2D eigenvalue weighted by Gasteiger charge is -2.32. The van der Waals surface area contributed by atoms with Crippen LogP contribution in [0.3, 0.4) is 0 Å². The molecule has 5 heteroatoms. The Morgan fingerprint density at radius 3 is 3.00 bits per heavy atom. The van der Waals surface area contributed by atoms with E-state index in [2.05, 4.69) is 21.2 Å². The number of nitrogens with zero attached hydrogens (tertiary/aromatic N) is 1. The molecule has 1 aromatic rings. The van der Waals surface area contributed by atoms with E-state index >= 15 is 0 Å². The predicted molar refractivity (Wildman–Crippen MR) is 56.0 cm³/mol. The van der Waals surface area contributed by atoms with E-state index in [4.69, 9.17) is 0 Å². The number of anilines is 1. The van der Waals surface area contributed by atoms with Crippen molar-refractivity contribution in [1.82, 2.24) is 5.32 Å². The first kappa shape index (κ1) is 9.48. The number of amides is 1. The van der Waals surface area contributed by atoms with Gasteiger partial charge >= 0.3 is 0 Å². The summed E-state index contributed by atoms with van der Waals surface area (Å²) in [6, 6.07) is 5.32. The average Bonchev–Trinajstić information content (AvgIpc) is 2.14. The molecule has 0 aliphatic carbocycles. The summed E-state index contributed by atoms with van der Waals surface area (Å²) < 4.78 is 0.880. The van der Waals surface area contributed by atoms with Crippen LogP contribution in [0.15, 0.2) is 22.7 Å². The zero-order chi connectivity index (χ0) is 10.3. The summed E-state index contributed by atoms with van der Waals surface area (Å²) in [5.74, 6) is -0.252. The highest BCUT2D eigenvalue weighted by molar-refractivity contribution is 9.10. The molecule has 0 spiro atoms. The summed E-state index contributed by atoms with van der Waals surface area (Å²) in [5.41, 5.74) is 1.29. The number of halogens is 1. The van der Waals surface area contributed by atoms with E-state index in [1.54, 1.807) is 30.1 Å². The maximum Gasteiger partial charge on any atom is 0.256 e. The zero-order valence-corrected chi connectivity index (χ0v) is 9.08. The van der Waals surface area contributed by atoms with E-state index in [1.165, 1.54) is 0 Å². The van der Waals surface area contributed by atoms with Gasteiger partial charge in [0.15, 0.2) is 0 Å². The first-order chi connectivity index (χ1) is 6.59. The van der Waals surface area contributed by atoms with E-state index in [-0.39, 0.29) is 5.91 Å². The van der Waals surface area contributed by atoms with Gasteiger partial charge in [0.1, 0.15) is 0 Å². The van der Waals surface area contributed by atoms with Crippen molar-refractivity contribution in [3.05, 3.63) is 28.2 Å². The van der Waals surface area contributed by atoms with Crippen LogP contribution >= 0.6 is 15.9 Å². The number of carbonyl (C=O) groups is 1. The number of hydrogen-bond acceptors (Lipinski definition) is 3. The summed E-state index contributed by atoms with van der Waals surface area (Å²) in [4.78, 5) is 13.0. The Morgan fingerprint density at radius 1 is 1.57 bits per heavy atom. The molecule has 0 saturated carbocycles. The molecule has 14 heavy (non-hydrogen) atoms. The molecule has 1 aliphatic heterocycles. The van der Waals surface area contributed by atoms with Crippen molar-refractivity contribution < 1.29 is 9.90 Å². The summed E-state index contributed by atoms with van der Waals surface area (Å²) >= 11 is 3.32. The Labute approximate surface area is 89.7 Å². The molecule has 0 saturated heterocycles. The van der Waals surface area contributed by atoms with Crippen LogP contribution in [0.2, 0.25) is 0 Å². The fourth-order valence-corrected chi connectivity index (χ4v) is 1.76. The van der Waals surface area contributed by atoms with E-state index in [1.807, 2.05) is 0 Å². The van der Waals surface area contributed by atoms with Gasteiger partial charge in [-0.25, -0.2) is 0 Å². The Bertz CT molecular complexity index is 394. The van der Waals surface area contributed by atoms with Crippen LogP contribution in [-0.4, -0.2) is 24.4 Å². The topological polar surface area (TPSA) is 52.6 Å². The van der Waals surface area contributed by atoms with Gasteiger partial charge in [-0.1, -0.05) is 15.9 Å². The molecule has 1 aliphatic rings. The first-order valence-corrected chi connectivity index (χ1v) is 4.90. The molecule has 1 aromatic carbocycles. The first-order valence-electron chi connectivity index (χ1n) is 4.11. The van der Waals surface area contributed by atoms with Crippen molar-refractivity contribution >= 4 is 27.5 Å². The highest BCUT2D eigenvalue weighted by atomic mass is 79.9. The molecule has 2 N–H and O–H groups in total. The number of hydrogen-bond donors (Lipinski definition) is 2. The fourth-order valence-electron chi connectivity index (χ4n) is 1.41. The van der Waals surface area contributed by atoms with Crippen molar-refractivity contribution in [2.75, 3.05) is 11.9 Å². The number of rotatable bonds is 0. The van der Waals surface area contributed by atoms with Crippen molar-refractivity contribution in [2.45, 2.75) is 6.35 Å². The minimum Gasteiger partial charge on any atom is -0.356 e. The third-order valence-electron chi connectivity index (χ3n) is 2.21. The van der Waals surface area contributed by atoms with Crippen LogP contribution in [0.1, 0.15) is 10.4 Å². The van der Waals surface area contributed by atoms with Crippen LogP contribution in [0.4, 0.5) is 5.69 Å². The molecule has 74 valence electrons. The number of nitrogens with one attached hydrogen (secondary N) is 1. The second-order valence-corrected chi connectivity index (χ2v) is 4.04. The third-order valence-corrected chi connectivity index (χ3v) is 2.70. The lowest BCUT2D eigenvalue weighted by molar-refractivity contribution is 0.0758. The van der Waals surface area contributed by atoms with Gasteiger partial charge in [-0.15, -0.1) is 0 Å². The second kappa shape index (κ2) is 3.25. The summed E-state index contributed by atoms with van der Waals surface area (Å²) in [7, 11) is 1.72. The van der Waals surface area contributed by atoms with Crippen molar-refractivity contribution in [2.24, 2.45) is 0 Å². The Balaban J connectivity index is 2.56. The molecule has 1 atom stereocenters. The van der Waals surface area contributed by atoms with Crippen molar-refractivity contribution in [3.8, 4) is 0 Å². The molecule has 1 unspecified atom stereocenters. The number of benzene rings is 1. The number of aliphatic hydroxyl groups excluding tert-OH is 1. The van der Waals surface area contributed by atoms with Crippen molar-refractivity contribution in [1.29, 1.82) is 0 Å². The van der Waals surface area contributed by atoms with Crippen LogP contribution in [0.25, 0.3) is 0 Å². The number of carbonyl (C=O) groups excluding carboxylic acids is 1. The Morgan fingerprint density at radius 2 is 2.29 bits per heavy atom. The molecular weight excluding hydrogens is 248 g/mol. The highest BCUT2D eigenvalue weighted by Gasteiger charge is 2.26. The normalized spacial score (nSPS) is 20.4. The second-order valence-electron chi connectivity index (χ2n) is 3.12. The predicted octanol–water partition coefficient (Wildman–Crippen LogP) is 0.905. The summed E-state index contributed by atoms with van der Waals surface area (Å²) in [6.07, 6.45) is -0.954. The largest absolute Gasteiger partial charge is 0.356 e. The molecule has 0 fully saturated rings. The summed E-state index contributed by atoms with van der Waals surface area (Å²) in [6.45, 7) is 0. The maximum atomic E-state index is 11.4. The van der Waals surface area contributed by atoms with Gasteiger partial charge in [0.05, 0.1) is 11.3 Å². The molecule has 4 nitrogen and oxygen atoms in total. The maximum absolute atomic E-state index is 11.4. The molecular formula is C9H9BrN2O2. The van der Waals surface area contributed by atoms with E-state index in [0.717, 1.165) is 10.2 Å². The standard InChI is InChI=1S/C9H9BrN2O2/c1-12-7-4-5(10)2-3-6(7)8(13)11-9(12)14/h2-4,9,14H,1H3,(H,11,13). The minimum atomic E-state index is -0.954. The Kier molecular flexibility index (Phi) is 2.20. The lowest BCUT2D eigenvalue weighted by Crippen LogP contribution is -2.50. The molecule has 0 bridgehead atoms. The molecule has 0 radical (unpaired) electrons. The lowest BCUT2D eigenvalue weighted by atomic mass is 10.1. The molecule has 1 amide bonds. The van der Waals surface area contributed by atoms with Gasteiger partial charge in [-0.2, -0.15) is 0 Å². The van der Waals surface area contributed by atoms with Gasteiger partial charge in [0, 0.05) is 11.5 Å². The molecule has 2 rings (SSSR count). The van der Waals surface area contributed by atoms with Gasteiger partial charge < -0.3 is 15.3 Å². The number of aliphatic hydroxyl groups is 1. The quantitative estimate of drug-likeness (QED) is 0.726. The summed E-state index contributed by atoms with van der Waals surface area (Å²) in [5, 5.41) is 11.9. The van der Waals surface area contributed by atoms with Gasteiger partial charge in [0.25, 0.3) is 5.91 Å². The monoisotopic (exact) mass is 256 g/mol. The average molecular weight is 257 g/mol. The van der Waals surface area contributed by atoms with Gasteiger partial charge in [0.2, 0.25) is 6.35 Å². The highest BCUT2D eigenvalue weighted by Crippen LogP contribution is 2.27. The zero-order valence-electron chi connectivity index (χ0n) is 7.49. The van der Waals surface area contributed by atoms with E-state index in [0.29, 0.717) is 5.56 Å². The van der Waals surface area contributed by atoms with Gasteiger partial charge in [-0.05, 0) is 18.2 Å². The van der Waals surface area contributed by atoms with Crippen LogP contribution < -0.4 is 10.2 Å². The number of fused-ring (bicyclic) bond motifs is 1. The Hall–Kier alpha value is -1.07. The van der Waals surface area contributed by atoms with E-state index in [9.17, 15) is 9.90 Å².